The van der Waals surface area contributed by atoms with Crippen LogP contribution in [0.3, 0.4) is 0 Å². The summed E-state index contributed by atoms with van der Waals surface area (Å²) in [6, 6.07) is 1.93. The maximum atomic E-state index is 6.21. The van der Waals surface area contributed by atoms with Crippen molar-refractivity contribution in [2.45, 2.75) is 51.2 Å². The van der Waals surface area contributed by atoms with Crippen LogP contribution >= 0.6 is 11.6 Å². The third kappa shape index (κ3) is 3.85. The van der Waals surface area contributed by atoms with Gasteiger partial charge in [0.2, 0.25) is 5.88 Å². The number of nitrogens with one attached hydrogen (secondary N) is 1. The van der Waals surface area contributed by atoms with Crippen molar-refractivity contribution in [1.82, 2.24) is 10.3 Å². The van der Waals surface area contributed by atoms with Gasteiger partial charge in [-0.15, -0.1) is 0 Å². The number of pyridine rings is 1. The molecule has 0 atom stereocenters. The number of rotatable bonds is 4. The van der Waals surface area contributed by atoms with E-state index in [2.05, 4.69) is 10.3 Å². The largest absolute Gasteiger partial charge is 0.473 e. The zero-order valence-electron chi connectivity index (χ0n) is 10.9. The predicted molar refractivity (Wildman–Crippen MR) is 74.1 cm³/mol. The van der Waals surface area contributed by atoms with Crippen LogP contribution in [-0.2, 0) is 6.54 Å². The first kappa shape index (κ1) is 13.6. The van der Waals surface area contributed by atoms with Gasteiger partial charge in [-0.25, -0.2) is 4.98 Å². The molecule has 0 amide bonds. The Labute approximate surface area is 114 Å². The number of hydrogen-bond donors (Lipinski definition) is 1. The summed E-state index contributed by atoms with van der Waals surface area (Å²) >= 11 is 6.21. The van der Waals surface area contributed by atoms with Gasteiger partial charge in [0, 0.05) is 12.7 Å². The van der Waals surface area contributed by atoms with Gasteiger partial charge in [0.1, 0.15) is 11.1 Å². The summed E-state index contributed by atoms with van der Waals surface area (Å²) in [6.45, 7) is 0.774. The second-order valence-corrected chi connectivity index (χ2v) is 5.30. The lowest BCUT2D eigenvalue weighted by Crippen LogP contribution is -2.16. The molecule has 100 valence electrons. The molecule has 2 rings (SSSR count). The first-order valence-corrected chi connectivity index (χ1v) is 7.13. The highest BCUT2D eigenvalue weighted by molar-refractivity contribution is 6.31. The van der Waals surface area contributed by atoms with Gasteiger partial charge in [-0.05, 0) is 44.4 Å². The summed E-state index contributed by atoms with van der Waals surface area (Å²) in [6.07, 6.45) is 9.50. The van der Waals surface area contributed by atoms with Crippen molar-refractivity contribution in [2.75, 3.05) is 7.05 Å². The molecule has 0 bridgehead atoms. The highest BCUT2D eigenvalue weighted by atomic mass is 35.5. The predicted octanol–water partition coefficient (Wildman–Crippen LogP) is 3.56. The Morgan fingerprint density at radius 2 is 2.06 bits per heavy atom. The molecule has 0 radical (unpaired) electrons. The van der Waals surface area contributed by atoms with E-state index in [9.17, 15) is 0 Å². The van der Waals surface area contributed by atoms with Crippen molar-refractivity contribution in [3.05, 3.63) is 22.8 Å². The SMILES string of the molecule is CNCc1cnc(OC2CCCCCC2)c(Cl)c1. The molecule has 0 aliphatic heterocycles. The van der Waals surface area contributed by atoms with Crippen LogP contribution in [-0.4, -0.2) is 18.1 Å². The molecule has 1 aliphatic carbocycles. The molecule has 0 unspecified atom stereocenters. The topological polar surface area (TPSA) is 34.2 Å². The summed E-state index contributed by atoms with van der Waals surface area (Å²) in [4.78, 5) is 4.33. The maximum absolute atomic E-state index is 6.21. The van der Waals surface area contributed by atoms with Gasteiger partial charge in [0.15, 0.2) is 0 Å². The van der Waals surface area contributed by atoms with Crippen LogP contribution in [0.2, 0.25) is 5.02 Å². The second kappa shape index (κ2) is 6.95. The number of aromatic nitrogens is 1. The lowest BCUT2D eigenvalue weighted by Gasteiger charge is -2.17. The molecular weight excluding hydrogens is 248 g/mol. The molecular formula is C14H21ClN2O. The molecule has 0 spiro atoms. The fourth-order valence-electron chi connectivity index (χ4n) is 2.37. The zero-order chi connectivity index (χ0) is 12.8. The maximum Gasteiger partial charge on any atom is 0.232 e. The minimum atomic E-state index is 0.285. The van der Waals surface area contributed by atoms with E-state index in [0.717, 1.165) is 24.9 Å². The standard InChI is InChI=1S/C14H21ClN2O/c1-16-9-11-8-13(15)14(17-10-11)18-12-6-4-2-3-5-7-12/h8,10,12,16H,2-7,9H2,1H3. The second-order valence-electron chi connectivity index (χ2n) is 4.89. The van der Waals surface area contributed by atoms with E-state index in [-0.39, 0.29) is 6.10 Å². The summed E-state index contributed by atoms with van der Waals surface area (Å²) in [7, 11) is 1.91. The number of hydrogen-bond acceptors (Lipinski definition) is 3. The summed E-state index contributed by atoms with van der Waals surface area (Å²) in [5.74, 6) is 0.586. The molecule has 18 heavy (non-hydrogen) atoms. The molecule has 4 heteroatoms. The first-order chi connectivity index (χ1) is 8.79. The van der Waals surface area contributed by atoms with Crippen LogP contribution in [0.25, 0.3) is 0 Å². The molecule has 1 saturated carbocycles. The molecule has 1 fully saturated rings. The van der Waals surface area contributed by atoms with E-state index in [1.807, 2.05) is 19.3 Å². The van der Waals surface area contributed by atoms with Gasteiger partial charge >= 0.3 is 0 Å². The fraction of sp³-hybridized carbons (Fsp3) is 0.643. The van der Waals surface area contributed by atoms with Gasteiger partial charge in [0.05, 0.1) is 0 Å². The van der Waals surface area contributed by atoms with Crippen LogP contribution in [0.5, 0.6) is 5.88 Å². The van der Waals surface area contributed by atoms with Gasteiger partial charge < -0.3 is 10.1 Å². The first-order valence-electron chi connectivity index (χ1n) is 6.75. The van der Waals surface area contributed by atoms with Crippen molar-refractivity contribution >= 4 is 11.6 Å². The summed E-state index contributed by atoms with van der Waals surface area (Å²) < 4.78 is 5.94. The molecule has 3 nitrogen and oxygen atoms in total. The third-order valence-corrected chi connectivity index (χ3v) is 3.60. The van der Waals surface area contributed by atoms with Crippen LogP contribution < -0.4 is 10.1 Å². The Morgan fingerprint density at radius 3 is 2.67 bits per heavy atom. The Morgan fingerprint density at radius 1 is 1.33 bits per heavy atom. The summed E-state index contributed by atoms with van der Waals surface area (Å²) in [5, 5.41) is 3.70. The van der Waals surface area contributed by atoms with Crippen molar-refractivity contribution in [1.29, 1.82) is 0 Å². The molecule has 0 saturated heterocycles. The Hall–Kier alpha value is -0.800. The zero-order valence-corrected chi connectivity index (χ0v) is 11.7. The van der Waals surface area contributed by atoms with Crippen LogP contribution in [0.1, 0.15) is 44.1 Å². The highest BCUT2D eigenvalue weighted by Gasteiger charge is 2.16. The molecule has 1 N–H and O–H groups in total. The van der Waals surface area contributed by atoms with E-state index in [0.29, 0.717) is 10.9 Å². The molecule has 1 aromatic heterocycles. The Kier molecular flexibility index (Phi) is 5.26. The monoisotopic (exact) mass is 268 g/mol. The molecule has 0 aromatic carbocycles. The average Bonchev–Trinajstić information content (AvgIpc) is 2.62. The third-order valence-electron chi connectivity index (χ3n) is 3.33. The number of nitrogens with zero attached hydrogens (tertiary/aromatic N) is 1. The Bertz CT molecular complexity index is 376. The number of halogens is 1. The lowest BCUT2D eigenvalue weighted by atomic mass is 10.1. The summed E-state index contributed by atoms with van der Waals surface area (Å²) in [5.41, 5.74) is 1.08. The van der Waals surface area contributed by atoms with Crippen molar-refractivity contribution in [3.8, 4) is 5.88 Å². The average molecular weight is 269 g/mol. The molecule has 1 heterocycles. The van der Waals surface area contributed by atoms with E-state index < -0.39 is 0 Å². The van der Waals surface area contributed by atoms with Gasteiger partial charge in [-0.1, -0.05) is 24.4 Å². The van der Waals surface area contributed by atoms with Crippen molar-refractivity contribution in [3.63, 3.8) is 0 Å². The minimum Gasteiger partial charge on any atom is -0.473 e. The van der Waals surface area contributed by atoms with Crippen LogP contribution in [0.4, 0.5) is 0 Å². The van der Waals surface area contributed by atoms with Crippen LogP contribution in [0, 0.1) is 0 Å². The van der Waals surface area contributed by atoms with E-state index in [1.165, 1.54) is 25.7 Å². The van der Waals surface area contributed by atoms with Gasteiger partial charge in [-0.3, -0.25) is 0 Å². The van der Waals surface area contributed by atoms with Crippen molar-refractivity contribution < 1.29 is 4.74 Å². The smallest absolute Gasteiger partial charge is 0.232 e. The quantitative estimate of drug-likeness (QED) is 0.848. The normalized spacial score (nSPS) is 17.4. The van der Waals surface area contributed by atoms with E-state index in [1.54, 1.807) is 0 Å². The Balaban J connectivity index is 1.99. The van der Waals surface area contributed by atoms with Crippen molar-refractivity contribution in [2.24, 2.45) is 0 Å². The fourth-order valence-corrected chi connectivity index (χ4v) is 2.60. The van der Waals surface area contributed by atoms with Gasteiger partial charge in [-0.2, -0.15) is 0 Å². The number of ether oxygens (including phenoxy) is 1. The van der Waals surface area contributed by atoms with E-state index >= 15 is 0 Å². The van der Waals surface area contributed by atoms with Gasteiger partial charge in [0.25, 0.3) is 0 Å². The van der Waals surface area contributed by atoms with Crippen LogP contribution in [0.15, 0.2) is 12.3 Å². The lowest BCUT2D eigenvalue weighted by molar-refractivity contribution is 0.176. The minimum absolute atomic E-state index is 0.285. The molecule has 1 aromatic rings. The van der Waals surface area contributed by atoms with E-state index in [4.69, 9.17) is 16.3 Å². The molecule has 1 aliphatic rings. The highest BCUT2D eigenvalue weighted by Crippen LogP contribution is 2.27.